The normalized spacial score (nSPS) is 34.6. The van der Waals surface area contributed by atoms with Crippen molar-refractivity contribution < 1.29 is 4.79 Å². The molecule has 0 amide bonds. The molecular weight excluding hydrogens is 172 g/mol. The van der Waals surface area contributed by atoms with E-state index in [9.17, 15) is 4.79 Å². The Morgan fingerprint density at radius 2 is 1.79 bits per heavy atom. The topological polar surface area (TPSA) is 17.1 Å². The van der Waals surface area contributed by atoms with Gasteiger partial charge in [-0.3, -0.25) is 4.79 Å². The Kier molecular flexibility index (Phi) is 2.45. The van der Waals surface area contributed by atoms with Crippen molar-refractivity contribution in [1.29, 1.82) is 0 Å². The molecular formula is C13H22O. The third kappa shape index (κ3) is 1.74. The molecule has 0 spiro atoms. The fourth-order valence-corrected chi connectivity index (χ4v) is 3.10. The van der Waals surface area contributed by atoms with E-state index in [0.29, 0.717) is 17.6 Å². The maximum Gasteiger partial charge on any atom is 0.136 e. The lowest BCUT2D eigenvalue weighted by molar-refractivity contribution is -0.130. The van der Waals surface area contributed by atoms with Gasteiger partial charge in [0.1, 0.15) is 5.78 Å². The van der Waals surface area contributed by atoms with Gasteiger partial charge in [0, 0.05) is 12.3 Å². The minimum atomic E-state index is 0.289. The van der Waals surface area contributed by atoms with Gasteiger partial charge in [-0.15, -0.1) is 0 Å². The van der Waals surface area contributed by atoms with Gasteiger partial charge in [0.15, 0.2) is 0 Å². The number of carbonyl (C=O) groups is 1. The van der Waals surface area contributed by atoms with Crippen LogP contribution >= 0.6 is 0 Å². The van der Waals surface area contributed by atoms with Crippen molar-refractivity contribution in [3.05, 3.63) is 0 Å². The molecule has 2 rings (SSSR count). The van der Waals surface area contributed by atoms with Crippen molar-refractivity contribution in [1.82, 2.24) is 0 Å². The van der Waals surface area contributed by atoms with Crippen molar-refractivity contribution in [2.75, 3.05) is 0 Å². The van der Waals surface area contributed by atoms with Crippen LogP contribution in [-0.4, -0.2) is 5.78 Å². The molecule has 2 atom stereocenters. The lowest BCUT2D eigenvalue weighted by Crippen LogP contribution is -2.36. The molecule has 2 saturated carbocycles. The monoisotopic (exact) mass is 194 g/mol. The maximum atomic E-state index is 12.0. The number of Topliss-reactive ketones (excluding diaryl/α,β-unsaturated/α-hetero) is 1. The van der Waals surface area contributed by atoms with Crippen LogP contribution in [0.2, 0.25) is 0 Å². The third-order valence-electron chi connectivity index (χ3n) is 4.41. The second-order valence-corrected chi connectivity index (χ2v) is 6.00. The van der Waals surface area contributed by atoms with Crippen LogP contribution in [-0.2, 0) is 4.79 Å². The van der Waals surface area contributed by atoms with Crippen LogP contribution < -0.4 is 0 Å². The van der Waals surface area contributed by atoms with Gasteiger partial charge in [-0.2, -0.15) is 0 Å². The SMILES string of the molecule is CC1CCC(C(C)(C)C2CC2)C(=O)C1. The van der Waals surface area contributed by atoms with Gasteiger partial charge in [-0.25, -0.2) is 0 Å². The van der Waals surface area contributed by atoms with E-state index in [0.717, 1.165) is 18.8 Å². The highest BCUT2D eigenvalue weighted by atomic mass is 16.1. The third-order valence-corrected chi connectivity index (χ3v) is 4.41. The summed E-state index contributed by atoms with van der Waals surface area (Å²) in [5.41, 5.74) is 0.289. The Bertz CT molecular complexity index is 238. The largest absolute Gasteiger partial charge is 0.299 e. The Morgan fingerprint density at radius 1 is 1.14 bits per heavy atom. The molecule has 1 nitrogen and oxygen atoms in total. The first-order valence-corrected chi connectivity index (χ1v) is 6.04. The van der Waals surface area contributed by atoms with Crippen LogP contribution in [0.25, 0.3) is 0 Å². The van der Waals surface area contributed by atoms with E-state index in [4.69, 9.17) is 0 Å². The minimum absolute atomic E-state index is 0.289. The summed E-state index contributed by atoms with van der Waals surface area (Å²) >= 11 is 0. The van der Waals surface area contributed by atoms with Crippen molar-refractivity contribution >= 4 is 5.78 Å². The maximum absolute atomic E-state index is 12.0. The molecule has 0 aromatic heterocycles. The van der Waals surface area contributed by atoms with Crippen LogP contribution in [0.15, 0.2) is 0 Å². The zero-order valence-corrected chi connectivity index (χ0v) is 9.68. The molecule has 0 N–H and O–H groups in total. The van der Waals surface area contributed by atoms with E-state index in [2.05, 4.69) is 20.8 Å². The molecule has 0 saturated heterocycles. The smallest absolute Gasteiger partial charge is 0.136 e. The lowest BCUT2D eigenvalue weighted by Gasteiger charge is -2.37. The summed E-state index contributed by atoms with van der Waals surface area (Å²) in [7, 11) is 0. The summed E-state index contributed by atoms with van der Waals surface area (Å²) in [6, 6.07) is 0. The Balaban J connectivity index is 2.06. The molecule has 0 aliphatic heterocycles. The molecule has 80 valence electrons. The standard InChI is InChI=1S/C13H22O/c1-9-4-7-11(12(14)8-9)13(2,3)10-5-6-10/h9-11H,4-8H2,1-3H3. The Labute approximate surface area is 87.3 Å². The molecule has 0 radical (unpaired) electrons. The predicted molar refractivity (Wildman–Crippen MR) is 58.0 cm³/mol. The van der Waals surface area contributed by atoms with Crippen LogP contribution in [0.3, 0.4) is 0 Å². The number of hydrogen-bond acceptors (Lipinski definition) is 1. The van der Waals surface area contributed by atoms with Crippen molar-refractivity contribution in [3.63, 3.8) is 0 Å². The molecule has 0 aromatic carbocycles. The lowest BCUT2D eigenvalue weighted by atomic mass is 9.66. The molecule has 2 aliphatic carbocycles. The molecule has 14 heavy (non-hydrogen) atoms. The zero-order chi connectivity index (χ0) is 10.3. The Morgan fingerprint density at radius 3 is 2.29 bits per heavy atom. The number of carbonyl (C=O) groups excluding carboxylic acids is 1. The van der Waals surface area contributed by atoms with E-state index in [1.165, 1.54) is 19.3 Å². The molecule has 0 bridgehead atoms. The molecule has 2 unspecified atom stereocenters. The second kappa shape index (κ2) is 3.36. The molecule has 1 heteroatoms. The minimum Gasteiger partial charge on any atom is -0.299 e. The van der Waals surface area contributed by atoms with Gasteiger partial charge in [-0.1, -0.05) is 20.8 Å². The number of rotatable bonds is 2. The summed E-state index contributed by atoms with van der Waals surface area (Å²) in [5.74, 6) is 2.38. The average molecular weight is 194 g/mol. The van der Waals surface area contributed by atoms with E-state index < -0.39 is 0 Å². The van der Waals surface area contributed by atoms with Gasteiger partial charge < -0.3 is 0 Å². The number of hydrogen-bond donors (Lipinski definition) is 0. The van der Waals surface area contributed by atoms with Crippen molar-refractivity contribution in [2.45, 2.75) is 52.9 Å². The van der Waals surface area contributed by atoms with Gasteiger partial charge >= 0.3 is 0 Å². The summed E-state index contributed by atoms with van der Waals surface area (Å²) in [6.45, 7) is 6.82. The quantitative estimate of drug-likeness (QED) is 0.658. The number of ketones is 1. The van der Waals surface area contributed by atoms with Gasteiger partial charge in [0.2, 0.25) is 0 Å². The first kappa shape index (κ1) is 10.2. The Hall–Kier alpha value is -0.330. The highest BCUT2D eigenvalue weighted by Crippen LogP contribution is 2.52. The van der Waals surface area contributed by atoms with E-state index in [1.807, 2.05) is 0 Å². The van der Waals surface area contributed by atoms with E-state index in [1.54, 1.807) is 0 Å². The molecule has 2 aliphatic rings. The van der Waals surface area contributed by atoms with E-state index in [-0.39, 0.29) is 5.41 Å². The summed E-state index contributed by atoms with van der Waals surface area (Å²) in [4.78, 5) is 12.0. The first-order valence-electron chi connectivity index (χ1n) is 6.04. The highest BCUT2D eigenvalue weighted by Gasteiger charge is 2.46. The fourth-order valence-electron chi connectivity index (χ4n) is 3.10. The van der Waals surface area contributed by atoms with Gasteiger partial charge in [0.05, 0.1) is 0 Å². The van der Waals surface area contributed by atoms with Crippen molar-refractivity contribution in [2.24, 2.45) is 23.2 Å². The molecule has 0 aromatic rings. The summed E-state index contributed by atoms with van der Waals surface area (Å²) in [5, 5.41) is 0. The van der Waals surface area contributed by atoms with Crippen LogP contribution in [0.4, 0.5) is 0 Å². The summed E-state index contributed by atoms with van der Waals surface area (Å²) in [6.07, 6.45) is 5.94. The van der Waals surface area contributed by atoms with Crippen molar-refractivity contribution in [3.8, 4) is 0 Å². The predicted octanol–water partition coefficient (Wildman–Crippen LogP) is 3.43. The average Bonchev–Trinajstić information content (AvgIpc) is 2.84. The summed E-state index contributed by atoms with van der Waals surface area (Å²) < 4.78 is 0. The van der Waals surface area contributed by atoms with Crippen LogP contribution in [0, 0.1) is 23.2 Å². The van der Waals surface area contributed by atoms with Gasteiger partial charge in [-0.05, 0) is 42.9 Å². The van der Waals surface area contributed by atoms with Crippen LogP contribution in [0.5, 0.6) is 0 Å². The fraction of sp³-hybridized carbons (Fsp3) is 0.923. The van der Waals surface area contributed by atoms with Gasteiger partial charge in [0.25, 0.3) is 0 Å². The van der Waals surface area contributed by atoms with E-state index >= 15 is 0 Å². The highest BCUT2D eigenvalue weighted by molar-refractivity contribution is 5.82. The molecule has 2 fully saturated rings. The molecule has 0 heterocycles. The first-order chi connectivity index (χ1) is 6.51. The second-order valence-electron chi connectivity index (χ2n) is 6.00. The van der Waals surface area contributed by atoms with Crippen LogP contribution in [0.1, 0.15) is 52.9 Å². The zero-order valence-electron chi connectivity index (χ0n) is 9.68.